The maximum absolute atomic E-state index is 13.8. The van der Waals surface area contributed by atoms with E-state index in [1.807, 2.05) is 0 Å². The Hall–Kier alpha value is -1.50. The largest absolute Gasteiger partial charge is 0.479 e. The number of likely N-dealkylation sites (tertiary alicyclic amines) is 1. The van der Waals surface area contributed by atoms with Gasteiger partial charge in [-0.05, 0) is 28.1 Å². The van der Waals surface area contributed by atoms with Gasteiger partial charge in [-0.15, -0.1) is 0 Å². The second-order valence-corrected chi connectivity index (χ2v) is 5.20. The molecular weight excluding hydrogens is 324 g/mol. The number of rotatable bonds is 2. The molecule has 1 aliphatic rings. The molecule has 0 saturated carbocycles. The van der Waals surface area contributed by atoms with Gasteiger partial charge in [-0.1, -0.05) is 6.07 Å². The first kappa shape index (κ1) is 13.9. The lowest BCUT2D eigenvalue weighted by Crippen LogP contribution is -2.39. The summed E-state index contributed by atoms with van der Waals surface area (Å²) in [6.45, 7) is -0.610. The highest BCUT2D eigenvalue weighted by molar-refractivity contribution is 9.10. The first-order chi connectivity index (χ1) is 8.85. The Morgan fingerprint density at radius 2 is 2.11 bits per heavy atom. The van der Waals surface area contributed by atoms with E-state index in [1.54, 1.807) is 0 Å². The van der Waals surface area contributed by atoms with E-state index in [2.05, 4.69) is 15.9 Å². The quantitative estimate of drug-likeness (QED) is 0.902. The summed E-state index contributed by atoms with van der Waals surface area (Å²) in [6, 6.07) is 4.20. The monoisotopic (exact) mass is 333 g/mol. The predicted molar refractivity (Wildman–Crippen MR) is 66.1 cm³/mol. The van der Waals surface area contributed by atoms with Crippen LogP contribution in [0.15, 0.2) is 22.7 Å². The first-order valence-electron chi connectivity index (χ1n) is 5.51. The average Bonchev–Trinajstić information content (AvgIpc) is 2.76. The fourth-order valence-corrected chi connectivity index (χ4v) is 2.33. The number of halogens is 3. The van der Waals surface area contributed by atoms with E-state index < -0.39 is 29.9 Å². The van der Waals surface area contributed by atoms with Crippen molar-refractivity contribution in [3.05, 3.63) is 34.1 Å². The van der Waals surface area contributed by atoms with E-state index in [0.29, 0.717) is 0 Å². The van der Waals surface area contributed by atoms with Crippen LogP contribution in [0.4, 0.5) is 8.78 Å². The fraction of sp³-hybridized carbons (Fsp3) is 0.333. The molecule has 1 heterocycles. The highest BCUT2D eigenvalue weighted by Gasteiger charge is 2.47. The summed E-state index contributed by atoms with van der Waals surface area (Å²) >= 11 is 2.95. The van der Waals surface area contributed by atoms with Crippen LogP contribution >= 0.6 is 15.9 Å². The fourth-order valence-electron chi connectivity index (χ4n) is 1.96. The van der Waals surface area contributed by atoms with Crippen LogP contribution in [0, 0.1) is 5.82 Å². The number of hydrogen-bond acceptors (Lipinski definition) is 2. The minimum Gasteiger partial charge on any atom is -0.479 e. The van der Waals surface area contributed by atoms with Gasteiger partial charge >= 0.3 is 5.97 Å². The van der Waals surface area contributed by atoms with E-state index in [1.165, 1.54) is 18.2 Å². The number of hydrogen-bond donors (Lipinski definition) is 1. The first-order valence-corrected chi connectivity index (χ1v) is 6.30. The van der Waals surface area contributed by atoms with Crippen LogP contribution in [0.25, 0.3) is 0 Å². The van der Waals surface area contributed by atoms with E-state index in [0.717, 1.165) is 4.90 Å². The molecule has 1 fully saturated rings. The lowest BCUT2D eigenvalue weighted by atomic mass is 10.1. The molecule has 2 rings (SSSR count). The van der Waals surface area contributed by atoms with Crippen LogP contribution in [-0.4, -0.2) is 40.6 Å². The van der Waals surface area contributed by atoms with Crippen molar-refractivity contribution in [3.8, 4) is 0 Å². The summed E-state index contributed by atoms with van der Waals surface area (Å²) < 4.78 is 27.7. The van der Waals surface area contributed by atoms with E-state index in [9.17, 15) is 18.4 Å². The van der Waals surface area contributed by atoms with Gasteiger partial charge in [-0.2, -0.15) is 0 Å². The molecule has 1 atom stereocenters. The third kappa shape index (κ3) is 2.47. The van der Waals surface area contributed by atoms with Crippen molar-refractivity contribution in [2.75, 3.05) is 13.1 Å². The molecule has 19 heavy (non-hydrogen) atoms. The van der Waals surface area contributed by atoms with Crippen molar-refractivity contribution in [2.24, 2.45) is 0 Å². The standard InChI is InChI=1S/C12H10BrF2NO3/c13-8-3-1-2-7(9(8)14)10(17)16-5-4-12(15,6-16)11(18)19/h1-3H,4-6H2,(H,18,19). The van der Waals surface area contributed by atoms with Gasteiger partial charge in [0.15, 0.2) is 0 Å². The van der Waals surface area contributed by atoms with Gasteiger partial charge in [0.2, 0.25) is 5.67 Å². The van der Waals surface area contributed by atoms with E-state index >= 15 is 0 Å². The number of carbonyl (C=O) groups is 2. The van der Waals surface area contributed by atoms with Crippen molar-refractivity contribution in [2.45, 2.75) is 12.1 Å². The van der Waals surface area contributed by atoms with Crippen LogP contribution in [0.1, 0.15) is 16.8 Å². The third-order valence-electron chi connectivity index (χ3n) is 3.07. The Labute approximate surface area is 116 Å². The minimum absolute atomic E-state index is 0.0480. The van der Waals surface area contributed by atoms with Crippen molar-refractivity contribution in [1.29, 1.82) is 0 Å². The predicted octanol–water partition coefficient (Wildman–Crippen LogP) is 2.23. The molecule has 0 radical (unpaired) electrons. The van der Waals surface area contributed by atoms with Crippen molar-refractivity contribution < 1.29 is 23.5 Å². The van der Waals surface area contributed by atoms with E-state index in [4.69, 9.17) is 5.11 Å². The van der Waals surface area contributed by atoms with Gasteiger partial charge < -0.3 is 10.0 Å². The molecule has 1 aromatic rings. The number of carbonyl (C=O) groups excluding carboxylic acids is 1. The molecule has 1 unspecified atom stereocenters. The molecular formula is C12H10BrF2NO3. The number of nitrogens with zero attached hydrogens (tertiary/aromatic N) is 1. The van der Waals surface area contributed by atoms with E-state index in [-0.39, 0.29) is 23.0 Å². The number of aliphatic carboxylic acids is 1. The number of carboxylic acid groups (broad SMARTS) is 1. The Kier molecular flexibility index (Phi) is 3.58. The molecule has 1 N–H and O–H groups in total. The Morgan fingerprint density at radius 1 is 1.42 bits per heavy atom. The molecule has 1 amide bonds. The van der Waals surface area contributed by atoms with Gasteiger partial charge in [-0.25, -0.2) is 13.6 Å². The molecule has 102 valence electrons. The second-order valence-electron chi connectivity index (χ2n) is 4.35. The third-order valence-corrected chi connectivity index (χ3v) is 3.68. The van der Waals surface area contributed by atoms with Crippen LogP contribution in [0.2, 0.25) is 0 Å². The van der Waals surface area contributed by atoms with Crippen molar-refractivity contribution >= 4 is 27.8 Å². The summed E-state index contributed by atoms with van der Waals surface area (Å²) in [7, 11) is 0. The maximum Gasteiger partial charge on any atom is 0.343 e. The minimum atomic E-state index is -2.45. The van der Waals surface area contributed by atoms with Gasteiger partial charge in [0.1, 0.15) is 5.82 Å². The average molecular weight is 334 g/mol. The summed E-state index contributed by atoms with van der Waals surface area (Å²) in [6.07, 6.45) is -0.288. The summed E-state index contributed by atoms with van der Waals surface area (Å²) in [4.78, 5) is 23.8. The zero-order chi connectivity index (χ0) is 14.2. The number of amides is 1. The zero-order valence-electron chi connectivity index (χ0n) is 9.70. The van der Waals surface area contributed by atoms with Gasteiger partial charge in [0.25, 0.3) is 5.91 Å². The van der Waals surface area contributed by atoms with Crippen molar-refractivity contribution in [3.63, 3.8) is 0 Å². The lowest BCUT2D eigenvalue weighted by Gasteiger charge is -2.18. The Bertz CT molecular complexity index is 552. The Balaban J connectivity index is 2.23. The van der Waals surface area contributed by atoms with Crippen LogP contribution in [0.5, 0.6) is 0 Å². The topological polar surface area (TPSA) is 57.6 Å². The second kappa shape index (κ2) is 4.88. The molecule has 0 bridgehead atoms. The van der Waals surface area contributed by atoms with Gasteiger partial charge in [0, 0.05) is 13.0 Å². The summed E-state index contributed by atoms with van der Waals surface area (Å²) in [5, 5.41) is 8.75. The van der Waals surface area contributed by atoms with Crippen molar-refractivity contribution in [1.82, 2.24) is 4.90 Å². The molecule has 0 aliphatic carbocycles. The Morgan fingerprint density at radius 3 is 2.68 bits per heavy atom. The highest BCUT2D eigenvalue weighted by atomic mass is 79.9. The van der Waals surface area contributed by atoms with Crippen LogP contribution < -0.4 is 0 Å². The smallest absolute Gasteiger partial charge is 0.343 e. The van der Waals surface area contributed by atoms with Crippen LogP contribution in [-0.2, 0) is 4.79 Å². The normalized spacial score (nSPS) is 22.6. The number of carboxylic acids is 1. The SMILES string of the molecule is O=C(c1cccc(Br)c1F)N1CCC(F)(C(=O)O)C1. The summed E-state index contributed by atoms with van der Waals surface area (Å²) in [5.41, 5.74) is -2.65. The van der Waals surface area contributed by atoms with Gasteiger partial charge in [0.05, 0.1) is 16.6 Å². The lowest BCUT2D eigenvalue weighted by molar-refractivity contribution is -0.149. The molecule has 1 aliphatic heterocycles. The number of benzene rings is 1. The summed E-state index contributed by atoms with van der Waals surface area (Å²) in [5.74, 6) is -3.05. The molecule has 7 heteroatoms. The molecule has 1 aromatic carbocycles. The molecule has 0 spiro atoms. The maximum atomic E-state index is 13.8. The molecule has 1 saturated heterocycles. The van der Waals surface area contributed by atoms with Gasteiger partial charge in [-0.3, -0.25) is 4.79 Å². The highest BCUT2D eigenvalue weighted by Crippen LogP contribution is 2.28. The van der Waals surface area contributed by atoms with Crippen LogP contribution in [0.3, 0.4) is 0 Å². The molecule has 4 nitrogen and oxygen atoms in total. The number of alkyl halides is 1. The molecule has 0 aromatic heterocycles. The zero-order valence-corrected chi connectivity index (χ0v) is 11.3.